The number of aromatic nitrogens is 1. The van der Waals surface area contributed by atoms with Gasteiger partial charge in [-0.15, -0.1) is 0 Å². The van der Waals surface area contributed by atoms with Crippen LogP contribution in [0, 0.1) is 6.92 Å². The number of amides is 1. The second-order valence-electron chi connectivity index (χ2n) is 7.06. The van der Waals surface area contributed by atoms with Crippen molar-refractivity contribution in [1.29, 1.82) is 0 Å². The van der Waals surface area contributed by atoms with Gasteiger partial charge in [-0.3, -0.25) is 4.79 Å². The molecule has 142 valence electrons. The summed E-state index contributed by atoms with van der Waals surface area (Å²) in [7, 11) is 0. The van der Waals surface area contributed by atoms with E-state index in [0.717, 1.165) is 30.0 Å². The molecule has 2 heterocycles. The number of rotatable bonds is 5. The van der Waals surface area contributed by atoms with Crippen LogP contribution in [0.1, 0.15) is 28.8 Å². The number of pyridine rings is 1. The van der Waals surface area contributed by atoms with Gasteiger partial charge in [0.25, 0.3) is 5.91 Å². The zero-order valence-electron chi connectivity index (χ0n) is 16.0. The zero-order valence-corrected chi connectivity index (χ0v) is 16.0. The van der Waals surface area contributed by atoms with Crippen LogP contribution in [0.4, 0.5) is 22.9 Å². The molecule has 0 aliphatic carbocycles. The van der Waals surface area contributed by atoms with E-state index >= 15 is 0 Å². The molecule has 0 radical (unpaired) electrons. The standard InChI is InChI=1S/C23H24N4O/c1-17-6-2-3-7-21(17)26-22-16-18(12-13-24-22)23(28)25-19-8-10-20(11-9-19)27-14-4-5-15-27/h2-3,6-13,16H,4-5,14-15H2,1H3,(H,24,26)(H,25,28). The molecule has 1 aliphatic heterocycles. The Balaban J connectivity index is 1.44. The molecule has 0 saturated carbocycles. The third-order valence-electron chi connectivity index (χ3n) is 5.03. The summed E-state index contributed by atoms with van der Waals surface area (Å²) in [4.78, 5) is 19.3. The van der Waals surface area contributed by atoms with Crippen LogP contribution in [0.25, 0.3) is 0 Å². The number of hydrogen-bond acceptors (Lipinski definition) is 4. The molecule has 5 heteroatoms. The second kappa shape index (κ2) is 8.13. The maximum atomic E-state index is 12.6. The van der Waals surface area contributed by atoms with Crippen LogP contribution in [0.2, 0.25) is 0 Å². The van der Waals surface area contributed by atoms with Crippen LogP contribution in [0.5, 0.6) is 0 Å². The zero-order chi connectivity index (χ0) is 19.3. The molecule has 1 fully saturated rings. The SMILES string of the molecule is Cc1ccccc1Nc1cc(C(=O)Nc2ccc(N3CCCC3)cc2)ccn1. The molecule has 4 rings (SSSR count). The highest BCUT2D eigenvalue weighted by molar-refractivity contribution is 6.04. The first-order chi connectivity index (χ1) is 13.7. The van der Waals surface area contributed by atoms with Crippen LogP contribution in [-0.2, 0) is 0 Å². The van der Waals surface area contributed by atoms with E-state index in [9.17, 15) is 4.79 Å². The first-order valence-electron chi connectivity index (χ1n) is 9.64. The molecule has 0 bridgehead atoms. The van der Waals surface area contributed by atoms with Crippen molar-refractivity contribution in [2.75, 3.05) is 28.6 Å². The molecule has 1 amide bonds. The molecule has 1 aliphatic rings. The summed E-state index contributed by atoms with van der Waals surface area (Å²) < 4.78 is 0. The molecule has 28 heavy (non-hydrogen) atoms. The highest BCUT2D eigenvalue weighted by Crippen LogP contribution is 2.23. The van der Waals surface area contributed by atoms with E-state index in [-0.39, 0.29) is 5.91 Å². The van der Waals surface area contributed by atoms with E-state index in [0.29, 0.717) is 11.4 Å². The van der Waals surface area contributed by atoms with Gasteiger partial charge >= 0.3 is 0 Å². The van der Waals surface area contributed by atoms with Crippen LogP contribution in [-0.4, -0.2) is 24.0 Å². The molecule has 2 N–H and O–H groups in total. The van der Waals surface area contributed by atoms with E-state index in [2.05, 4.69) is 32.7 Å². The summed E-state index contributed by atoms with van der Waals surface area (Å²) in [6.45, 7) is 4.25. The minimum absolute atomic E-state index is 0.149. The van der Waals surface area contributed by atoms with E-state index in [4.69, 9.17) is 0 Å². The average Bonchev–Trinajstić information content (AvgIpc) is 3.25. The van der Waals surface area contributed by atoms with Gasteiger partial charge in [0.15, 0.2) is 0 Å². The van der Waals surface area contributed by atoms with Gasteiger partial charge in [-0.05, 0) is 67.8 Å². The van der Waals surface area contributed by atoms with Gasteiger partial charge in [0.2, 0.25) is 0 Å². The van der Waals surface area contributed by atoms with Gasteiger partial charge in [0, 0.05) is 41.9 Å². The number of nitrogens with zero attached hydrogens (tertiary/aromatic N) is 2. The van der Waals surface area contributed by atoms with E-state index in [1.807, 2.05) is 43.3 Å². The van der Waals surface area contributed by atoms with Crippen LogP contribution in [0.15, 0.2) is 66.9 Å². The summed E-state index contributed by atoms with van der Waals surface area (Å²) in [6.07, 6.45) is 4.14. The minimum atomic E-state index is -0.149. The van der Waals surface area contributed by atoms with Gasteiger partial charge in [-0.2, -0.15) is 0 Å². The first-order valence-corrected chi connectivity index (χ1v) is 9.64. The molecular weight excluding hydrogens is 348 g/mol. The predicted molar refractivity (Wildman–Crippen MR) is 115 cm³/mol. The van der Waals surface area contributed by atoms with Crippen LogP contribution >= 0.6 is 0 Å². The number of anilines is 4. The number of aryl methyl sites for hydroxylation is 1. The highest BCUT2D eigenvalue weighted by atomic mass is 16.1. The third-order valence-corrected chi connectivity index (χ3v) is 5.03. The van der Waals surface area contributed by atoms with Gasteiger partial charge < -0.3 is 15.5 Å². The summed E-state index contributed by atoms with van der Waals surface area (Å²) in [6, 6.07) is 19.5. The van der Waals surface area contributed by atoms with Crippen molar-refractivity contribution in [1.82, 2.24) is 4.98 Å². The Hall–Kier alpha value is -3.34. The molecule has 1 aromatic heterocycles. The smallest absolute Gasteiger partial charge is 0.255 e. The Bertz CT molecular complexity index is 962. The molecule has 0 unspecified atom stereocenters. The van der Waals surface area contributed by atoms with Crippen molar-refractivity contribution in [2.45, 2.75) is 19.8 Å². The number of para-hydroxylation sites is 1. The molecule has 5 nitrogen and oxygen atoms in total. The van der Waals surface area contributed by atoms with Crippen molar-refractivity contribution in [3.8, 4) is 0 Å². The highest BCUT2D eigenvalue weighted by Gasteiger charge is 2.13. The lowest BCUT2D eigenvalue weighted by molar-refractivity contribution is 0.102. The summed E-state index contributed by atoms with van der Waals surface area (Å²) in [5, 5.41) is 6.24. The number of benzene rings is 2. The molecule has 2 aromatic carbocycles. The lowest BCUT2D eigenvalue weighted by Crippen LogP contribution is -2.17. The fourth-order valence-corrected chi connectivity index (χ4v) is 3.43. The normalized spacial score (nSPS) is 13.4. The minimum Gasteiger partial charge on any atom is -0.372 e. The van der Waals surface area contributed by atoms with Crippen molar-refractivity contribution in [3.05, 3.63) is 78.0 Å². The Morgan fingerprint density at radius 1 is 1.00 bits per heavy atom. The summed E-state index contributed by atoms with van der Waals surface area (Å²) in [5.74, 6) is 0.496. The lowest BCUT2D eigenvalue weighted by atomic mass is 10.2. The third kappa shape index (κ3) is 4.14. The molecule has 0 spiro atoms. The van der Waals surface area contributed by atoms with Crippen LogP contribution in [0.3, 0.4) is 0 Å². The fourth-order valence-electron chi connectivity index (χ4n) is 3.43. The lowest BCUT2D eigenvalue weighted by Gasteiger charge is -2.17. The van der Waals surface area contributed by atoms with Crippen molar-refractivity contribution >= 4 is 28.8 Å². The van der Waals surface area contributed by atoms with E-state index < -0.39 is 0 Å². The topological polar surface area (TPSA) is 57.3 Å². The second-order valence-corrected chi connectivity index (χ2v) is 7.06. The van der Waals surface area contributed by atoms with E-state index in [1.165, 1.54) is 18.5 Å². The molecular formula is C23H24N4O. The van der Waals surface area contributed by atoms with Crippen molar-refractivity contribution in [3.63, 3.8) is 0 Å². The quantitative estimate of drug-likeness (QED) is 0.663. The largest absolute Gasteiger partial charge is 0.372 e. The fraction of sp³-hybridized carbons (Fsp3) is 0.217. The summed E-state index contributed by atoms with van der Waals surface area (Å²) in [5.41, 5.74) is 4.67. The summed E-state index contributed by atoms with van der Waals surface area (Å²) >= 11 is 0. The Morgan fingerprint density at radius 2 is 1.75 bits per heavy atom. The Morgan fingerprint density at radius 3 is 2.50 bits per heavy atom. The maximum absolute atomic E-state index is 12.6. The Kier molecular flexibility index (Phi) is 5.24. The average molecular weight is 372 g/mol. The Labute approximate surface area is 165 Å². The van der Waals surface area contributed by atoms with Crippen molar-refractivity contribution in [2.24, 2.45) is 0 Å². The molecule has 3 aromatic rings. The maximum Gasteiger partial charge on any atom is 0.255 e. The van der Waals surface area contributed by atoms with Gasteiger partial charge in [0.05, 0.1) is 0 Å². The van der Waals surface area contributed by atoms with Crippen LogP contribution < -0.4 is 15.5 Å². The molecule has 0 atom stereocenters. The van der Waals surface area contributed by atoms with Gasteiger partial charge in [0.1, 0.15) is 5.82 Å². The first kappa shape index (κ1) is 18.0. The van der Waals surface area contributed by atoms with Gasteiger partial charge in [-0.1, -0.05) is 18.2 Å². The number of carbonyl (C=O) groups excluding carboxylic acids is 1. The monoisotopic (exact) mass is 372 g/mol. The van der Waals surface area contributed by atoms with Crippen molar-refractivity contribution < 1.29 is 4.79 Å². The number of nitrogens with one attached hydrogen (secondary N) is 2. The predicted octanol–water partition coefficient (Wildman–Crippen LogP) is 4.99. The number of carbonyl (C=O) groups is 1. The molecule has 1 saturated heterocycles. The number of hydrogen-bond donors (Lipinski definition) is 2. The van der Waals surface area contributed by atoms with Gasteiger partial charge in [-0.25, -0.2) is 4.98 Å². The van der Waals surface area contributed by atoms with E-state index in [1.54, 1.807) is 18.3 Å².